The van der Waals surface area contributed by atoms with Crippen molar-refractivity contribution in [3.05, 3.63) is 24.8 Å². The summed E-state index contributed by atoms with van der Waals surface area (Å²) in [4.78, 5) is 0. The number of hydrogen-bond acceptors (Lipinski definition) is 1. The molecule has 0 aliphatic carbocycles. The minimum Gasteiger partial charge on any atom is -0.391 e. The van der Waals surface area contributed by atoms with Gasteiger partial charge in [0.1, 0.15) is 0 Å². The summed E-state index contributed by atoms with van der Waals surface area (Å²) in [7, 11) is 0. The van der Waals surface area contributed by atoms with E-state index in [-0.39, 0.29) is 6.61 Å². The van der Waals surface area contributed by atoms with E-state index >= 15 is 0 Å². The molecule has 0 aromatic heterocycles. The molecule has 1 heteroatoms. The van der Waals surface area contributed by atoms with Crippen molar-refractivity contribution in [2.45, 2.75) is 0 Å². The number of aliphatic hydroxyl groups excluding tert-OH is 1. The van der Waals surface area contributed by atoms with Gasteiger partial charge in [0.15, 0.2) is 0 Å². The van der Waals surface area contributed by atoms with Crippen LogP contribution in [0.2, 0.25) is 0 Å². The summed E-state index contributed by atoms with van der Waals surface area (Å²) < 4.78 is 0. The maximum Gasteiger partial charge on any atom is 0.0715 e. The van der Waals surface area contributed by atoms with Crippen molar-refractivity contribution in [3.63, 3.8) is 0 Å². The van der Waals surface area contributed by atoms with Crippen LogP contribution in [0.25, 0.3) is 0 Å². The Balaban J connectivity index is 3.52. The Labute approximate surface area is 37.6 Å². The molecule has 6 heavy (non-hydrogen) atoms. The van der Waals surface area contributed by atoms with E-state index in [1.165, 1.54) is 0 Å². The van der Waals surface area contributed by atoms with E-state index < -0.39 is 0 Å². The Kier molecular flexibility index (Phi) is 2.47. The Bertz CT molecular complexity index is 77.9. The number of rotatable bonds is 1. The second kappa shape index (κ2) is 2.70. The molecular weight excluding hydrogens is 76.1 g/mol. The van der Waals surface area contributed by atoms with Gasteiger partial charge in [0.2, 0.25) is 0 Å². The SMILES string of the molecule is [CH2]C(=C=C)CO. The van der Waals surface area contributed by atoms with Crippen LogP contribution in [-0.4, -0.2) is 11.7 Å². The molecular formula is C5H7O. The van der Waals surface area contributed by atoms with Crippen molar-refractivity contribution in [1.29, 1.82) is 0 Å². The molecule has 0 spiro atoms. The van der Waals surface area contributed by atoms with Crippen molar-refractivity contribution in [2.24, 2.45) is 0 Å². The van der Waals surface area contributed by atoms with Crippen LogP contribution in [0.1, 0.15) is 0 Å². The zero-order chi connectivity index (χ0) is 4.99. The van der Waals surface area contributed by atoms with Crippen LogP contribution in [0.5, 0.6) is 0 Å². The normalized spacial score (nSPS) is 7.00. The van der Waals surface area contributed by atoms with Crippen LogP contribution in [-0.2, 0) is 0 Å². The molecule has 0 fully saturated rings. The van der Waals surface area contributed by atoms with Crippen LogP contribution < -0.4 is 0 Å². The summed E-state index contributed by atoms with van der Waals surface area (Å²) >= 11 is 0. The average molecular weight is 83.1 g/mol. The lowest BCUT2D eigenvalue weighted by Gasteiger charge is -1.79. The van der Waals surface area contributed by atoms with Crippen molar-refractivity contribution in [2.75, 3.05) is 6.61 Å². The molecule has 0 aliphatic rings. The molecule has 0 saturated heterocycles. The molecule has 0 aromatic rings. The van der Waals surface area contributed by atoms with E-state index in [4.69, 9.17) is 5.11 Å². The van der Waals surface area contributed by atoms with Gasteiger partial charge in [0.25, 0.3) is 0 Å². The zero-order valence-corrected chi connectivity index (χ0v) is 3.57. The van der Waals surface area contributed by atoms with Gasteiger partial charge in [-0.2, -0.15) is 0 Å². The smallest absolute Gasteiger partial charge is 0.0715 e. The Hall–Kier alpha value is -0.520. The molecule has 0 atom stereocenters. The topological polar surface area (TPSA) is 20.2 Å². The lowest BCUT2D eigenvalue weighted by atomic mass is 10.4. The van der Waals surface area contributed by atoms with Crippen molar-refractivity contribution >= 4 is 0 Å². The molecule has 0 heterocycles. The van der Waals surface area contributed by atoms with Crippen LogP contribution in [0.4, 0.5) is 0 Å². The monoisotopic (exact) mass is 83.0 g/mol. The standard InChI is InChI=1S/C5H7O/c1-3-5(2)4-6/h6H,1-2,4H2. The second-order valence-corrected chi connectivity index (χ2v) is 0.938. The van der Waals surface area contributed by atoms with Crippen LogP contribution >= 0.6 is 0 Å². The molecule has 1 radical (unpaired) electrons. The molecule has 0 bridgehead atoms. The maximum atomic E-state index is 8.13. The third-order valence-corrected chi connectivity index (χ3v) is 0.441. The van der Waals surface area contributed by atoms with Crippen molar-refractivity contribution < 1.29 is 5.11 Å². The number of hydrogen-bond donors (Lipinski definition) is 1. The lowest BCUT2D eigenvalue weighted by Crippen LogP contribution is -1.78. The van der Waals surface area contributed by atoms with Crippen molar-refractivity contribution in [1.82, 2.24) is 0 Å². The van der Waals surface area contributed by atoms with E-state index in [1.54, 1.807) is 0 Å². The fourth-order valence-corrected chi connectivity index (χ4v) is 0.0559. The second-order valence-electron chi connectivity index (χ2n) is 0.938. The van der Waals surface area contributed by atoms with Crippen LogP contribution in [0.3, 0.4) is 0 Å². The van der Waals surface area contributed by atoms with Gasteiger partial charge in [-0.25, -0.2) is 0 Å². The molecule has 33 valence electrons. The minimum absolute atomic E-state index is 0.0382. The highest BCUT2D eigenvalue weighted by atomic mass is 16.3. The molecule has 0 rings (SSSR count). The predicted molar refractivity (Wildman–Crippen MR) is 25.1 cm³/mol. The highest BCUT2D eigenvalue weighted by Crippen LogP contribution is 1.79. The summed E-state index contributed by atoms with van der Waals surface area (Å²) in [5, 5.41) is 8.13. The Morgan fingerprint density at radius 3 is 2.33 bits per heavy atom. The summed E-state index contributed by atoms with van der Waals surface area (Å²) in [6.45, 7) is 6.58. The molecule has 0 unspecified atom stereocenters. The Morgan fingerprint density at radius 2 is 2.33 bits per heavy atom. The van der Waals surface area contributed by atoms with Gasteiger partial charge < -0.3 is 5.11 Å². The van der Waals surface area contributed by atoms with Gasteiger partial charge >= 0.3 is 0 Å². The summed E-state index contributed by atoms with van der Waals surface area (Å²) in [5.41, 5.74) is 2.96. The van der Waals surface area contributed by atoms with Gasteiger partial charge in [-0.15, -0.1) is 5.73 Å². The van der Waals surface area contributed by atoms with Crippen LogP contribution in [0.15, 0.2) is 17.9 Å². The summed E-state index contributed by atoms with van der Waals surface area (Å²) in [6, 6.07) is 0. The highest BCUT2D eigenvalue weighted by Gasteiger charge is 1.73. The predicted octanol–water partition coefficient (Wildman–Crippen LogP) is 0.524. The minimum atomic E-state index is -0.0382. The highest BCUT2D eigenvalue weighted by molar-refractivity contribution is 5.01. The maximum absolute atomic E-state index is 8.13. The first-order valence-electron chi connectivity index (χ1n) is 1.63. The molecule has 1 N–H and O–H groups in total. The summed E-state index contributed by atoms with van der Waals surface area (Å²) in [5.74, 6) is 0. The molecule has 0 saturated carbocycles. The van der Waals surface area contributed by atoms with Gasteiger partial charge in [-0.3, -0.25) is 0 Å². The van der Waals surface area contributed by atoms with E-state index in [9.17, 15) is 0 Å². The van der Waals surface area contributed by atoms with E-state index in [1.807, 2.05) is 0 Å². The largest absolute Gasteiger partial charge is 0.391 e. The third kappa shape index (κ3) is 1.77. The fraction of sp³-hybridized carbons (Fsp3) is 0.200. The number of aliphatic hydroxyl groups is 1. The zero-order valence-electron chi connectivity index (χ0n) is 3.57. The summed E-state index contributed by atoms with van der Waals surface area (Å²) in [6.07, 6.45) is 0. The Morgan fingerprint density at radius 1 is 1.83 bits per heavy atom. The first-order valence-corrected chi connectivity index (χ1v) is 1.63. The van der Waals surface area contributed by atoms with E-state index in [0.29, 0.717) is 5.57 Å². The fourth-order valence-electron chi connectivity index (χ4n) is 0.0559. The molecule has 0 aliphatic heterocycles. The van der Waals surface area contributed by atoms with Gasteiger partial charge in [0.05, 0.1) is 6.61 Å². The van der Waals surface area contributed by atoms with Crippen LogP contribution in [0, 0.1) is 6.92 Å². The quantitative estimate of drug-likeness (QED) is 0.458. The van der Waals surface area contributed by atoms with E-state index in [0.717, 1.165) is 0 Å². The first-order chi connectivity index (χ1) is 2.81. The average Bonchev–Trinajstić information content (AvgIpc) is 1.65. The van der Waals surface area contributed by atoms with Crippen molar-refractivity contribution in [3.8, 4) is 0 Å². The first kappa shape index (κ1) is 5.48. The van der Waals surface area contributed by atoms with Gasteiger partial charge in [0, 0.05) is 0 Å². The van der Waals surface area contributed by atoms with E-state index in [2.05, 4.69) is 19.2 Å². The third-order valence-electron chi connectivity index (χ3n) is 0.441. The van der Waals surface area contributed by atoms with Gasteiger partial charge in [-0.05, 0) is 12.5 Å². The lowest BCUT2D eigenvalue weighted by molar-refractivity contribution is 0.335. The van der Waals surface area contributed by atoms with Gasteiger partial charge in [-0.1, -0.05) is 6.58 Å². The molecule has 0 aromatic carbocycles. The molecule has 0 amide bonds. The molecule has 1 nitrogen and oxygen atoms in total.